The van der Waals surface area contributed by atoms with Crippen LogP contribution in [0.5, 0.6) is 0 Å². The van der Waals surface area contributed by atoms with Crippen LogP contribution in [0.15, 0.2) is 6.20 Å². The SMILES string of the molecule is CC1(C(F)(F)F)CNc2cnnc(N)c21. The molecule has 7 heteroatoms. The van der Waals surface area contributed by atoms with Crippen molar-refractivity contribution in [3.05, 3.63) is 11.8 Å². The van der Waals surface area contributed by atoms with Gasteiger partial charge in [-0.05, 0) is 6.92 Å². The van der Waals surface area contributed by atoms with E-state index in [0.29, 0.717) is 5.69 Å². The van der Waals surface area contributed by atoms with E-state index in [1.165, 1.54) is 6.20 Å². The summed E-state index contributed by atoms with van der Waals surface area (Å²) in [6, 6.07) is 0. The lowest BCUT2D eigenvalue weighted by Gasteiger charge is -2.27. The number of rotatable bonds is 0. The van der Waals surface area contributed by atoms with E-state index in [0.717, 1.165) is 6.92 Å². The molecule has 1 unspecified atom stereocenters. The number of hydrogen-bond donors (Lipinski definition) is 2. The number of hydrogen-bond acceptors (Lipinski definition) is 4. The first-order valence-electron chi connectivity index (χ1n) is 4.28. The van der Waals surface area contributed by atoms with Crippen molar-refractivity contribution in [3.8, 4) is 0 Å². The Hall–Kier alpha value is -1.53. The van der Waals surface area contributed by atoms with Gasteiger partial charge < -0.3 is 11.1 Å². The van der Waals surface area contributed by atoms with Gasteiger partial charge >= 0.3 is 6.18 Å². The van der Waals surface area contributed by atoms with Crippen molar-refractivity contribution in [2.75, 3.05) is 17.6 Å². The van der Waals surface area contributed by atoms with Crippen LogP contribution in [0.2, 0.25) is 0 Å². The summed E-state index contributed by atoms with van der Waals surface area (Å²) in [7, 11) is 0. The zero-order chi connectivity index (χ0) is 11.3. The number of nitrogens with two attached hydrogens (primary N) is 1. The highest BCUT2D eigenvalue weighted by atomic mass is 19.4. The molecule has 1 atom stereocenters. The van der Waals surface area contributed by atoms with E-state index < -0.39 is 11.6 Å². The molecule has 0 amide bonds. The van der Waals surface area contributed by atoms with Crippen LogP contribution >= 0.6 is 0 Å². The van der Waals surface area contributed by atoms with E-state index in [-0.39, 0.29) is 17.9 Å². The lowest BCUT2D eigenvalue weighted by molar-refractivity contribution is -0.179. The topological polar surface area (TPSA) is 63.8 Å². The van der Waals surface area contributed by atoms with Crippen LogP contribution in [0.25, 0.3) is 0 Å². The molecule has 1 aromatic heterocycles. The molecule has 0 saturated heterocycles. The Morgan fingerprint density at radius 1 is 1.53 bits per heavy atom. The molecule has 1 aromatic rings. The Kier molecular flexibility index (Phi) is 1.83. The molecular formula is C8H9F3N4. The molecule has 2 rings (SSSR count). The van der Waals surface area contributed by atoms with Crippen molar-refractivity contribution in [1.29, 1.82) is 0 Å². The van der Waals surface area contributed by atoms with Crippen LogP contribution in [-0.4, -0.2) is 22.9 Å². The minimum atomic E-state index is -4.36. The summed E-state index contributed by atoms with van der Waals surface area (Å²) in [6.07, 6.45) is -3.11. The van der Waals surface area contributed by atoms with Gasteiger partial charge in [0.15, 0.2) is 5.82 Å². The highest BCUT2D eigenvalue weighted by molar-refractivity contribution is 5.67. The smallest absolute Gasteiger partial charge is 0.382 e. The number of halogens is 3. The highest BCUT2D eigenvalue weighted by Gasteiger charge is 2.57. The summed E-state index contributed by atoms with van der Waals surface area (Å²) in [5.74, 6) is -0.169. The number of nitrogen functional groups attached to an aromatic ring is 1. The van der Waals surface area contributed by atoms with Crippen molar-refractivity contribution in [2.24, 2.45) is 0 Å². The molecule has 0 aromatic carbocycles. The summed E-state index contributed by atoms with van der Waals surface area (Å²) >= 11 is 0. The van der Waals surface area contributed by atoms with Gasteiger partial charge in [-0.3, -0.25) is 0 Å². The van der Waals surface area contributed by atoms with E-state index >= 15 is 0 Å². The van der Waals surface area contributed by atoms with Crippen LogP contribution in [0.1, 0.15) is 12.5 Å². The molecule has 2 heterocycles. The third kappa shape index (κ3) is 1.22. The summed E-state index contributed by atoms with van der Waals surface area (Å²) in [4.78, 5) is 0. The molecule has 0 spiro atoms. The third-order valence-corrected chi connectivity index (χ3v) is 2.69. The van der Waals surface area contributed by atoms with Gasteiger partial charge in [-0.1, -0.05) is 0 Å². The number of nitrogens with one attached hydrogen (secondary N) is 1. The highest BCUT2D eigenvalue weighted by Crippen LogP contribution is 2.48. The minimum Gasteiger partial charge on any atom is -0.382 e. The Bertz CT molecular complexity index is 403. The first-order valence-corrected chi connectivity index (χ1v) is 4.28. The van der Waals surface area contributed by atoms with Crippen LogP contribution in [-0.2, 0) is 5.41 Å². The van der Waals surface area contributed by atoms with Crippen molar-refractivity contribution >= 4 is 11.5 Å². The Morgan fingerprint density at radius 3 is 2.80 bits per heavy atom. The van der Waals surface area contributed by atoms with E-state index in [2.05, 4.69) is 15.5 Å². The van der Waals surface area contributed by atoms with Crippen molar-refractivity contribution in [3.63, 3.8) is 0 Å². The number of aromatic nitrogens is 2. The van der Waals surface area contributed by atoms with Crippen LogP contribution < -0.4 is 11.1 Å². The van der Waals surface area contributed by atoms with Gasteiger partial charge in [0.2, 0.25) is 0 Å². The third-order valence-electron chi connectivity index (χ3n) is 2.69. The number of anilines is 2. The fourth-order valence-electron chi connectivity index (χ4n) is 1.72. The Balaban J connectivity index is 2.62. The standard InChI is InChI=1S/C8H9F3N4/c1-7(8(9,10)11)3-13-4-2-14-15-6(12)5(4)7/h2,13H,3H2,1H3,(H2,12,15). The number of nitrogens with zero attached hydrogens (tertiary/aromatic N) is 2. The van der Waals surface area contributed by atoms with E-state index in [9.17, 15) is 13.2 Å². The van der Waals surface area contributed by atoms with Gasteiger partial charge in [-0.25, -0.2) is 0 Å². The molecule has 0 bridgehead atoms. The van der Waals surface area contributed by atoms with E-state index in [4.69, 9.17) is 5.73 Å². The molecule has 1 aliphatic heterocycles. The molecular weight excluding hydrogens is 209 g/mol. The van der Waals surface area contributed by atoms with Gasteiger partial charge in [-0.2, -0.15) is 18.3 Å². The Labute approximate surface area is 83.7 Å². The molecule has 82 valence electrons. The normalized spacial score (nSPS) is 24.8. The first-order chi connectivity index (χ1) is 6.86. The monoisotopic (exact) mass is 218 g/mol. The second-order valence-electron chi connectivity index (χ2n) is 3.70. The van der Waals surface area contributed by atoms with Gasteiger partial charge in [0.25, 0.3) is 0 Å². The predicted octanol–water partition coefficient (Wildman–Crippen LogP) is 1.30. The van der Waals surface area contributed by atoms with Gasteiger partial charge in [-0.15, -0.1) is 5.10 Å². The maximum Gasteiger partial charge on any atom is 0.400 e. The van der Waals surface area contributed by atoms with Crippen molar-refractivity contribution in [1.82, 2.24) is 10.2 Å². The van der Waals surface area contributed by atoms with E-state index in [1.54, 1.807) is 0 Å². The fourth-order valence-corrected chi connectivity index (χ4v) is 1.72. The second kappa shape index (κ2) is 2.74. The zero-order valence-corrected chi connectivity index (χ0v) is 7.89. The predicted molar refractivity (Wildman–Crippen MR) is 48.3 cm³/mol. The summed E-state index contributed by atoms with van der Waals surface area (Å²) in [5, 5.41) is 9.58. The van der Waals surface area contributed by atoms with Crippen LogP contribution in [0.4, 0.5) is 24.7 Å². The lowest BCUT2D eigenvalue weighted by Crippen LogP contribution is -2.41. The average molecular weight is 218 g/mol. The number of alkyl halides is 3. The molecule has 1 aliphatic rings. The quantitative estimate of drug-likeness (QED) is 0.689. The summed E-state index contributed by atoms with van der Waals surface area (Å²) in [6.45, 7) is 0.868. The molecule has 0 aliphatic carbocycles. The zero-order valence-electron chi connectivity index (χ0n) is 7.89. The maximum atomic E-state index is 12.9. The van der Waals surface area contributed by atoms with Gasteiger partial charge in [0, 0.05) is 12.1 Å². The van der Waals surface area contributed by atoms with Crippen LogP contribution in [0.3, 0.4) is 0 Å². The molecule has 0 saturated carbocycles. The van der Waals surface area contributed by atoms with Crippen LogP contribution in [0, 0.1) is 0 Å². The number of fused-ring (bicyclic) bond motifs is 1. The van der Waals surface area contributed by atoms with Crippen molar-refractivity contribution in [2.45, 2.75) is 18.5 Å². The van der Waals surface area contributed by atoms with Gasteiger partial charge in [0.05, 0.1) is 11.9 Å². The minimum absolute atomic E-state index is 0.00926. The summed E-state index contributed by atoms with van der Waals surface area (Å²) in [5.41, 5.74) is 3.75. The van der Waals surface area contributed by atoms with Crippen molar-refractivity contribution < 1.29 is 13.2 Å². The largest absolute Gasteiger partial charge is 0.400 e. The average Bonchev–Trinajstić information content (AvgIpc) is 2.45. The maximum absolute atomic E-state index is 12.9. The first kappa shape index (κ1) is 10.0. The second-order valence-corrected chi connectivity index (χ2v) is 3.70. The van der Waals surface area contributed by atoms with Gasteiger partial charge in [0.1, 0.15) is 5.41 Å². The lowest BCUT2D eigenvalue weighted by atomic mass is 9.84. The molecule has 4 nitrogen and oxygen atoms in total. The molecule has 15 heavy (non-hydrogen) atoms. The fraction of sp³-hybridized carbons (Fsp3) is 0.500. The Morgan fingerprint density at radius 2 is 2.20 bits per heavy atom. The summed E-state index contributed by atoms with van der Waals surface area (Å²) < 4.78 is 38.6. The molecule has 0 fully saturated rings. The van der Waals surface area contributed by atoms with E-state index in [1.807, 2.05) is 0 Å². The molecule has 0 radical (unpaired) electrons. The molecule has 3 N–H and O–H groups in total.